The van der Waals surface area contributed by atoms with Crippen LogP contribution < -0.4 is 11.1 Å². The van der Waals surface area contributed by atoms with Gasteiger partial charge in [0, 0.05) is 6.04 Å². The van der Waals surface area contributed by atoms with E-state index in [-0.39, 0.29) is 18.7 Å². The molecule has 2 aliphatic carbocycles. The third-order valence-electron chi connectivity index (χ3n) is 6.22. The fourth-order valence-corrected chi connectivity index (χ4v) is 5.99. The Kier molecular flexibility index (Phi) is 6.21. The summed E-state index contributed by atoms with van der Waals surface area (Å²) >= 11 is 0. The van der Waals surface area contributed by atoms with Gasteiger partial charge in [-0.1, -0.05) is 25.3 Å². The van der Waals surface area contributed by atoms with Crippen LogP contribution >= 0.6 is 0 Å². The summed E-state index contributed by atoms with van der Waals surface area (Å²) in [4.78, 5) is 11.9. The van der Waals surface area contributed by atoms with Crippen molar-refractivity contribution in [2.24, 2.45) is 5.73 Å². The quantitative estimate of drug-likeness (QED) is 0.682. The summed E-state index contributed by atoms with van der Waals surface area (Å²) in [6.07, 6.45) is -1.53. The first-order chi connectivity index (χ1) is 13.9. The minimum Gasteiger partial charge on any atom is -0.352 e. The number of sulfone groups is 1. The van der Waals surface area contributed by atoms with Crippen LogP contribution in [0, 0.1) is 0 Å². The molecule has 1 aromatic rings. The first-order valence-electron chi connectivity index (χ1n) is 10.1. The highest BCUT2D eigenvalue weighted by Crippen LogP contribution is 2.41. The Hall–Kier alpha value is -1.68. The van der Waals surface area contributed by atoms with Gasteiger partial charge < -0.3 is 11.1 Å². The van der Waals surface area contributed by atoms with Crippen LogP contribution in [-0.2, 0) is 20.8 Å². The maximum Gasteiger partial charge on any atom is 0.416 e. The minimum atomic E-state index is -4.73. The lowest BCUT2D eigenvalue weighted by Crippen LogP contribution is -2.58. The first kappa shape index (κ1) is 23.0. The monoisotopic (exact) mass is 450 g/mol. The number of benzene rings is 1. The van der Waals surface area contributed by atoms with E-state index in [0.29, 0.717) is 18.9 Å². The zero-order valence-electron chi connectivity index (χ0n) is 16.5. The van der Waals surface area contributed by atoms with Crippen LogP contribution in [0.25, 0.3) is 0 Å². The van der Waals surface area contributed by atoms with Crippen LogP contribution in [0.2, 0.25) is 0 Å². The molecular formula is C20H26F4N2O3S. The van der Waals surface area contributed by atoms with Crippen LogP contribution in [0.5, 0.6) is 0 Å². The van der Waals surface area contributed by atoms with Gasteiger partial charge in [0.2, 0.25) is 20.7 Å². The molecule has 3 N–H and O–H groups in total. The smallest absolute Gasteiger partial charge is 0.352 e. The van der Waals surface area contributed by atoms with E-state index in [0.717, 1.165) is 37.5 Å². The van der Waals surface area contributed by atoms with E-state index in [1.807, 2.05) is 0 Å². The van der Waals surface area contributed by atoms with Gasteiger partial charge >= 0.3 is 6.18 Å². The van der Waals surface area contributed by atoms with E-state index in [9.17, 15) is 26.4 Å². The fraction of sp³-hybridized carbons (Fsp3) is 0.650. The Bertz CT molecular complexity index is 888. The molecule has 2 fully saturated rings. The molecule has 0 heterocycles. The lowest BCUT2D eigenvalue weighted by atomic mass is 9.81. The van der Waals surface area contributed by atoms with Crippen molar-refractivity contribution in [1.82, 2.24) is 5.32 Å². The van der Waals surface area contributed by atoms with Gasteiger partial charge in [-0.15, -0.1) is 0 Å². The molecule has 0 aromatic heterocycles. The Morgan fingerprint density at radius 2 is 1.67 bits per heavy atom. The van der Waals surface area contributed by atoms with Crippen LogP contribution in [0.1, 0.15) is 63.4 Å². The van der Waals surface area contributed by atoms with Gasteiger partial charge in [0.05, 0.1) is 16.0 Å². The average molecular weight is 450 g/mol. The van der Waals surface area contributed by atoms with Gasteiger partial charge in [0.25, 0.3) is 0 Å². The summed E-state index contributed by atoms with van der Waals surface area (Å²) in [5.41, 5.74) is 4.10. The zero-order chi connectivity index (χ0) is 22.2. The van der Waals surface area contributed by atoms with Gasteiger partial charge in [-0.05, 0) is 56.7 Å². The third-order valence-corrected chi connectivity index (χ3v) is 8.46. The topological polar surface area (TPSA) is 89.3 Å². The Morgan fingerprint density at radius 3 is 2.23 bits per heavy atom. The van der Waals surface area contributed by atoms with E-state index in [1.165, 1.54) is 0 Å². The molecule has 0 unspecified atom stereocenters. The molecule has 1 aromatic carbocycles. The molecule has 2 saturated carbocycles. The third kappa shape index (κ3) is 4.49. The molecule has 168 valence electrons. The van der Waals surface area contributed by atoms with Gasteiger partial charge in [-0.3, -0.25) is 4.79 Å². The predicted molar refractivity (Wildman–Crippen MR) is 103 cm³/mol. The van der Waals surface area contributed by atoms with Gasteiger partial charge in [-0.2, -0.15) is 13.2 Å². The Balaban J connectivity index is 1.69. The summed E-state index contributed by atoms with van der Waals surface area (Å²) in [6, 6.07) is 2.72. The standard InChI is InChI=1S/C20H26F4N2O3S/c21-19(30(28,29)16-6-4-5-14(13-16)20(22,23)24)11-7-15(8-12-19)26-17(27)18(25)9-2-1-3-10-18/h4-6,13,15H,1-3,7-12,25H2,(H,26,27). The molecule has 0 spiro atoms. The average Bonchev–Trinajstić information content (AvgIpc) is 2.69. The van der Waals surface area contributed by atoms with Gasteiger partial charge in [0.1, 0.15) is 0 Å². The van der Waals surface area contributed by atoms with Gasteiger partial charge in [0.15, 0.2) is 0 Å². The molecule has 1 amide bonds. The summed E-state index contributed by atoms with van der Waals surface area (Å²) in [6.45, 7) is 0. The summed E-state index contributed by atoms with van der Waals surface area (Å²) in [7, 11) is -4.63. The largest absolute Gasteiger partial charge is 0.416 e. The number of halogens is 4. The van der Waals surface area contributed by atoms with E-state index in [4.69, 9.17) is 5.73 Å². The molecule has 0 saturated heterocycles. The lowest BCUT2D eigenvalue weighted by molar-refractivity contribution is -0.137. The number of nitrogens with one attached hydrogen (secondary N) is 1. The van der Waals surface area contributed by atoms with E-state index >= 15 is 4.39 Å². The Morgan fingerprint density at radius 1 is 1.07 bits per heavy atom. The zero-order valence-corrected chi connectivity index (χ0v) is 17.3. The molecule has 0 bridgehead atoms. The highest BCUT2D eigenvalue weighted by Gasteiger charge is 2.49. The molecule has 0 atom stereocenters. The SMILES string of the molecule is NC1(C(=O)NC2CCC(F)(S(=O)(=O)c3cccc(C(F)(F)F)c3)CC2)CCCCC1. The number of carbonyl (C=O) groups is 1. The van der Waals surface area contributed by atoms with Crippen molar-refractivity contribution in [1.29, 1.82) is 0 Å². The van der Waals surface area contributed by atoms with E-state index in [2.05, 4.69) is 5.32 Å². The number of hydrogen-bond acceptors (Lipinski definition) is 4. The van der Waals surface area contributed by atoms with Crippen molar-refractivity contribution in [2.45, 2.75) is 85.4 Å². The lowest BCUT2D eigenvalue weighted by Gasteiger charge is -2.37. The molecule has 0 aliphatic heterocycles. The first-order valence-corrected chi connectivity index (χ1v) is 11.6. The van der Waals surface area contributed by atoms with Crippen molar-refractivity contribution in [3.8, 4) is 0 Å². The van der Waals surface area contributed by atoms with Crippen LogP contribution in [0.3, 0.4) is 0 Å². The van der Waals surface area contributed by atoms with Crippen LogP contribution in [0.4, 0.5) is 17.6 Å². The molecule has 5 nitrogen and oxygen atoms in total. The fourth-order valence-electron chi connectivity index (χ4n) is 4.25. The van der Waals surface area contributed by atoms with Crippen molar-refractivity contribution in [2.75, 3.05) is 0 Å². The van der Waals surface area contributed by atoms with Crippen molar-refractivity contribution >= 4 is 15.7 Å². The second kappa shape index (κ2) is 8.11. The Labute approximate surface area is 173 Å². The molecule has 2 aliphatic rings. The second-order valence-corrected chi connectivity index (χ2v) is 10.6. The molecular weight excluding hydrogens is 424 g/mol. The number of alkyl halides is 4. The normalized spacial score (nSPS) is 27.4. The molecule has 0 radical (unpaired) electrons. The predicted octanol–water partition coefficient (Wildman–Crippen LogP) is 3.87. The summed E-state index contributed by atoms with van der Waals surface area (Å²) in [5, 5.41) is 0.136. The maximum atomic E-state index is 15.4. The highest BCUT2D eigenvalue weighted by atomic mass is 32.2. The van der Waals surface area contributed by atoms with Crippen molar-refractivity contribution < 1.29 is 30.8 Å². The van der Waals surface area contributed by atoms with Crippen molar-refractivity contribution in [3.63, 3.8) is 0 Å². The highest BCUT2D eigenvalue weighted by molar-refractivity contribution is 7.92. The number of carbonyl (C=O) groups excluding carboxylic acids is 1. The van der Waals surface area contributed by atoms with Gasteiger partial charge in [-0.25, -0.2) is 12.8 Å². The minimum absolute atomic E-state index is 0.0660. The molecule has 10 heteroatoms. The summed E-state index contributed by atoms with van der Waals surface area (Å²) < 4.78 is 79.7. The number of hydrogen-bond donors (Lipinski definition) is 2. The number of amides is 1. The molecule has 3 rings (SSSR count). The van der Waals surface area contributed by atoms with Crippen LogP contribution in [-0.4, -0.2) is 30.9 Å². The van der Waals surface area contributed by atoms with Crippen molar-refractivity contribution in [3.05, 3.63) is 29.8 Å². The summed E-state index contributed by atoms with van der Waals surface area (Å²) in [5.74, 6) is -0.306. The van der Waals surface area contributed by atoms with E-state index in [1.54, 1.807) is 0 Å². The molecule has 30 heavy (non-hydrogen) atoms. The van der Waals surface area contributed by atoms with E-state index < -0.39 is 55.9 Å². The number of nitrogens with two attached hydrogens (primary N) is 1. The van der Waals surface area contributed by atoms with Crippen LogP contribution in [0.15, 0.2) is 29.2 Å². The second-order valence-electron chi connectivity index (χ2n) is 8.38. The number of rotatable bonds is 4. The maximum absolute atomic E-state index is 15.4.